The van der Waals surface area contributed by atoms with Crippen molar-refractivity contribution in [1.29, 1.82) is 0 Å². The van der Waals surface area contributed by atoms with Crippen molar-refractivity contribution in [1.82, 2.24) is 0 Å². The van der Waals surface area contributed by atoms with Gasteiger partial charge in [0, 0.05) is 5.69 Å². The van der Waals surface area contributed by atoms with Gasteiger partial charge in [0.05, 0.1) is 6.42 Å². The molecular formula is C10H9NO4. The summed E-state index contributed by atoms with van der Waals surface area (Å²) in [6.45, 7) is 0. The number of benzene rings is 1. The van der Waals surface area contributed by atoms with Crippen LogP contribution in [-0.2, 0) is 16.0 Å². The number of nitrogens with one attached hydrogen (secondary N) is 1. The molecule has 0 bridgehead atoms. The Bertz CT molecular complexity index is 441. The third-order valence-corrected chi connectivity index (χ3v) is 2.30. The van der Waals surface area contributed by atoms with Crippen LogP contribution < -0.4 is 5.32 Å². The van der Waals surface area contributed by atoms with Gasteiger partial charge in [-0.15, -0.1) is 0 Å². The highest BCUT2D eigenvalue weighted by atomic mass is 16.4. The Kier molecular flexibility index (Phi) is 2.17. The number of hydrogen-bond donors (Lipinski definition) is 3. The van der Waals surface area contributed by atoms with E-state index in [1.807, 2.05) is 0 Å². The fraction of sp³-hybridized carbons (Fsp3) is 0.200. The van der Waals surface area contributed by atoms with Gasteiger partial charge >= 0.3 is 5.97 Å². The monoisotopic (exact) mass is 207 g/mol. The summed E-state index contributed by atoms with van der Waals surface area (Å²) in [5.41, 5.74) is 1.69. The van der Waals surface area contributed by atoms with Gasteiger partial charge < -0.3 is 15.5 Å². The third-order valence-electron chi connectivity index (χ3n) is 2.30. The van der Waals surface area contributed by atoms with Crippen molar-refractivity contribution < 1.29 is 19.8 Å². The molecule has 2 rings (SSSR count). The molecule has 0 aromatic heterocycles. The van der Waals surface area contributed by atoms with Crippen molar-refractivity contribution in [2.45, 2.75) is 12.5 Å². The third kappa shape index (κ3) is 1.69. The van der Waals surface area contributed by atoms with Gasteiger partial charge in [-0.3, -0.25) is 4.79 Å². The molecule has 0 spiro atoms. The van der Waals surface area contributed by atoms with Gasteiger partial charge in [0.2, 0.25) is 5.91 Å². The molecule has 15 heavy (non-hydrogen) atoms. The van der Waals surface area contributed by atoms with Crippen LogP contribution in [-0.4, -0.2) is 22.1 Å². The SMILES string of the molecule is O=C1Cc2cc(C(O)C(=O)O)ccc2N1. The number of carbonyl (C=O) groups excluding carboxylic acids is 1. The van der Waals surface area contributed by atoms with Gasteiger partial charge in [-0.2, -0.15) is 0 Å². The molecule has 5 heteroatoms. The maximum absolute atomic E-state index is 11.0. The highest BCUT2D eigenvalue weighted by Crippen LogP contribution is 2.26. The fourth-order valence-corrected chi connectivity index (χ4v) is 1.56. The Hall–Kier alpha value is -1.88. The predicted molar refractivity (Wildman–Crippen MR) is 51.4 cm³/mol. The summed E-state index contributed by atoms with van der Waals surface area (Å²) in [7, 11) is 0. The summed E-state index contributed by atoms with van der Waals surface area (Å²) in [5.74, 6) is -1.42. The van der Waals surface area contributed by atoms with E-state index in [4.69, 9.17) is 5.11 Å². The highest BCUT2D eigenvalue weighted by molar-refractivity contribution is 5.99. The molecule has 78 valence electrons. The van der Waals surface area contributed by atoms with Gasteiger partial charge in [0.15, 0.2) is 6.10 Å². The predicted octanol–water partition coefficient (Wildman–Crippen LogP) is 0.299. The van der Waals surface area contributed by atoms with E-state index in [1.54, 1.807) is 6.07 Å². The minimum absolute atomic E-state index is 0.119. The van der Waals surface area contributed by atoms with Gasteiger partial charge in [-0.1, -0.05) is 12.1 Å². The molecule has 1 aliphatic rings. The van der Waals surface area contributed by atoms with Crippen LogP contribution in [0.15, 0.2) is 18.2 Å². The van der Waals surface area contributed by atoms with Crippen LogP contribution in [0.1, 0.15) is 17.2 Å². The lowest BCUT2D eigenvalue weighted by molar-refractivity contribution is -0.146. The van der Waals surface area contributed by atoms with E-state index in [0.717, 1.165) is 5.56 Å². The van der Waals surface area contributed by atoms with E-state index in [0.29, 0.717) is 5.69 Å². The van der Waals surface area contributed by atoms with Crippen LogP contribution in [0, 0.1) is 0 Å². The molecule has 0 saturated carbocycles. The first-order valence-electron chi connectivity index (χ1n) is 4.41. The quantitative estimate of drug-likeness (QED) is 0.650. The second-order valence-electron chi connectivity index (χ2n) is 3.38. The minimum Gasteiger partial charge on any atom is -0.479 e. The van der Waals surface area contributed by atoms with E-state index in [-0.39, 0.29) is 17.9 Å². The zero-order valence-corrected chi connectivity index (χ0v) is 7.73. The number of aliphatic hydroxyl groups excluding tert-OH is 1. The first-order chi connectivity index (χ1) is 7.08. The van der Waals surface area contributed by atoms with Crippen molar-refractivity contribution >= 4 is 17.6 Å². The molecule has 1 unspecified atom stereocenters. The number of amides is 1. The Morgan fingerprint density at radius 1 is 1.47 bits per heavy atom. The lowest BCUT2D eigenvalue weighted by Crippen LogP contribution is -2.10. The number of carbonyl (C=O) groups is 2. The molecular weight excluding hydrogens is 198 g/mol. The highest BCUT2D eigenvalue weighted by Gasteiger charge is 2.21. The van der Waals surface area contributed by atoms with Crippen LogP contribution >= 0.6 is 0 Å². The van der Waals surface area contributed by atoms with E-state index >= 15 is 0 Å². The average Bonchev–Trinajstić information content (AvgIpc) is 2.55. The van der Waals surface area contributed by atoms with Crippen molar-refractivity contribution in [2.75, 3.05) is 5.32 Å². The normalized spacial score (nSPS) is 15.7. The molecule has 1 heterocycles. The molecule has 5 nitrogen and oxygen atoms in total. The number of aliphatic hydroxyl groups is 1. The van der Waals surface area contributed by atoms with Crippen LogP contribution in [0.5, 0.6) is 0 Å². The summed E-state index contributed by atoms with van der Waals surface area (Å²) in [5, 5.41) is 20.5. The Morgan fingerprint density at radius 3 is 2.87 bits per heavy atom. The number of aliphatic carboxylic acids is 1. The number of anilines is 1. The smallest absolute Gasteiger partial charge is 0.337 e. The summed E-state index contributed by atoms with van der Waals surface area (Å²) >= 11 is 0. The second-order valence-corrected chi connectivity index (χ2v) is 3.38. The summed E-state index contributed by atoms with van der Waals surface area (Å²) in [6.07, 6.45) is -1.30. The molecule has 0 radical (unpaired) electrons. The van der Waals surface area contributed by atoms with Crippen LogP contribution in [0.2, 0.25) is 0 Å². The lowest BCUT2D eigenvalue weighted by Gasteiger charge is -2.07. The lowest BCUT2D eigenvalue weighted by atomic mass is 10.0. The van der Waals surface area contributed by atoms with Gasteiger partial charge in [-0.05, 0) is 17.2 Å². The van der Waals surface area contributed by atoms with E-state index in [9.17, 15) is 14.7 Å². The average molecular weight is 207 g/mol. The maximum atomic E-state index is 11.0. The van der Waals surface area contributed by atoms with Gasteiger partial charge in [0.25, 0.3) is 0 Å². The molecule has 1 aliphatic heterocycles. The van der Waals surface area contributed by atoms with Gasteiger partial charge in [-0.25, -0.2) is 4.79 Å². The minimum atomic E-state index is -1.54. The topological polar surface area (TPSA) is 86.6 Å². The van der Waals surface area contributed by atoms with Crippen molar-refractivity contribution in [3.63, 3.8) is 0 Å². The number of carboxylic acids is 1. The molecule has 1 atom stereocenters. The van der Waals surface area contributed by atoms with Crippen LogP contribution in [0.25, 0.3) is 0 Å². The summed E-state index contributed by atoms with van der Waals surface area (Å²) in [6, 6.07) is 4.62. The van der Waals surface area contributed by atoms with E-state index < -0.39 is 12.1 Å². The second kappa shape index (κ2) is 3.36. The van der Waals surface area contributed by atoms with E-state index in [1.165, 1.54) is 12.1 Å². The largest absolute Gasteiger partial charge is 0.479 e. The maximum Gasteiger partial charge on any atom is 0.337 e. The van der Waals surface area contributed by atoms with Crippen molar-refractivity contribution in [2.24, 2.45) is 0 Å². The Balaban J connectivity index is 2.35. The molecule has 0 fully saturated rings. The Morgan fingerprint density at radius 2 is 2.20 bits per heavy atom. The zero-order chi connectivity index (χ0) is 11.0. The molecule has 1 aromatic rings. The number of rotatable bonds is 2. The molecule has 0 saturated heterocycles. The first-order valence-corrected chi connectivity index (χ1v) is 4.41. The van der Waals surface area contributed by atoms with Crippen molar-refractivity contribution in [3.05, 3.63) is 29.3 Å². The number of fused-ring (bicyclic) bond motifs is 1. The van der Waals surface area contributed by atoms with Crippen LogP contribution in [0.3, 0.4) is 0 Å². The van der Waals surface area contributed by atoms with Gasteiger partial charge in [0.1, 0.15) is 0 Å². The molecule has 1 aromatic carbocycles. The fourth-order valence-electron chi connectivity index (χ4n) is 1.56. The van der Waals surface area contributed by atoms with Crippen molar-refractivity contribution in [3.8, 4) is 0 Å². The number of carboxylic acid groups (broad SMARTS) is 1. The number of hydrogen-bond acceptors (Lipinski definition) is 3. The first kappa shape index (κ1) is 9.67. The standard InChI is InChI=1S/C10H9NO4/c12-8-4-6-3-5(9(13)10(14)15)1-2-7(6)11-8/h1-3,9,13H,4H2,(H,11,12)(H,14,15). The summed E-state index contributed by atoms with van der Waals surface area (Å²) < 4.78 is 0. The zero-order valence-electron chi connectivity index (χ0n) is 7.73. The van der Waals surface area contributed by atoms with Crippen LogP contribution in [0.4, 0.5) is 5.69 Å². The molecule has 1 amide bonds. The molecule has 3 N–H and O–H groups in total. The Labute approximate surface area is 85.3 Å². The van der Waals surface area contributed by atoms with E-state index in [2.05, 4.69) is 5.32 Å². The molecule has 0 aliphatic carbocycles. The summed E-state index contributed by atoms with van der Waals surface area (Å²) in [4.78, 5) is 21.6.